The van der Waals surface area contributed by atoms with Crippen molar-refractivity contribution in [2.45, 2.75) is 45.0 Å². The van der Waals surface area contributed by atoms with Crippen LogP contribution in [0.25, 0.3) is 0 Å². The third-order valence-electron chi connectivity index (χ3n) is 4.87. The number of benzene rings is 1. The first-order valence-electron chi connectivity index (χ1n) is 7.84. The highest BCUT2D eigenvalue weighted by molar-refractivity contribution is 6.62. The van der Waals surface area contributed by atoms with Crippen molar-refractivity contribution in [3.8, 4) is 5.75 Å². The summed E-state index contributed by atoms with van der Waals surface area (Å²) in [5.74, 6) is 0.763. The monoisotopic (exact) mass is 318 g/mol. The number of likely N-dealkylation sites (tertiary alicyclic amines) is 1. The van der Waals surface area contributed by atoms with E-state index in [4.69, 9.17) is 19.8 Å². The molecular weight excluding hydrogens is 295 g/mol. The summed E-state index contributed by atoms with van der Waals surface area (Å²) < 4.78 is 17.8. The van der Waals surface area contributed by atoms with Gasteiger partial charge in [-0.1, -0.05) is 12.1 Å². The molecule has 2 N–H and O–H groups in total. The molecule has 2 saturated heterocycles. The molecule has 23 heavy (non-hydrogen) atoms. The SMILES string of the molecule is CC1(C)OB(c2ccc(OC3CN(C(N)=O)C3)cc2)OC1(C)C. The van der Waals surface area contributed by atoms with Crippen molar-refractivity contribution >= 4 is 18.6 Å². The highest BCUT2D eigenvalue weighted by Crippen LogP contribution is 2.36. The van der Waals surface area contributed by atoms with Gasteiger partial charge in [0.15, 0.2) is 0 Å². The van der Waals surface area contributed by atoms with E-state index in [0.717, 1.165) is 11.2 Å². The van der Waals surface area contributed by atoms with Gasteiger partial charge < -0.3 is 24.7 Å². The molecule has 124 valence electrons. The third kappa shape index (κ3) is 3.03. The van der Waals surface area contributed by atoms with Gasteiger partial charge in [0.25, 0.3) is 0 Å². The van der Waals surface area contributed by atoms with Crippen LogP contribution in [0.4, 0.5) is 4.79 Å². The van der Waals surface area contributed by atoms with Crippen LogP contribution in [-0.2, 0) is 9.31 Å². The zero-order chi connectivity index (χ0) is 16.8. The van der Waals surface area contributed by atoms with Gasteiger partial charge in [-0.3, -0.25) is 0 Å². The van der Waals surface area contributed by atoms with E-state index in [1.807, 2.05) is 52.0 Å². The van der Waals surface area contributed by atoms with Gasteiger partial charge in [0.1, 0.15) is 11.9 Å². The van der Waals surface area contributed by atoms with E-state index in [0.29, 0.717) is 13.1 Å². The minimum atomic E-state index is -0.402. The molecule has 0 atom stereocenters. The lowest BCUT2D eigenvalue weighted by Crippen LogP contribution is -2.57. The van der Waals surface area contributed by atoms with Crippen molar-refractivity contribution in [2.75, 3.05) is 13.1 Å². The Morgan fingerprint density at radius 2 is 1.70 bits per heavy atom. The lowest BCUT2D eigenvalue weighted by atomic mass is 9.79. The summed E-state index contributed by atoms with van der Waals surface area (Å²) in [6.07, 6.45) is 0.00481. The lowest BCUT2D eigenvalue weighted by molar-refractivity contribution is 0.00578. The molecule has 7 heteroatoms. The number of amides is 2. The molecule has 0 radical (unpaired) electrons. The molecule has 0 unspecified atom stereocenters. The molecule has 2 fully saturated rings. The summed E-state index contributed by atoms with van der Waals surface area (Å²) in [4.78, 5) is 12.5. The summed E-state index contributed by atoms with van der Waals surface area (Å²) in [5, 5.41) is 0. The van der Waals surface area contributed by atoms with E-state index in [1.165, 1.54) is 0 Å². The fourth-order valence-corrected chi connectivity index (χ4v) is 2.57. The molecule has 0 saturated carbocycles. The Kier molecular flexibility index (Phi) is 3.81. The molecular formula is C16H23BN2O4. The summed E-state index contributed by atoms with van der Waals surface area (Å²) in [6, 6.07) is 7.28. The molecule has 0 aromatic heterocycles. The predicted octanol–water partition coefficient (Wildman–Crippen LogP) is 1.13. The largest absolute Gasteiger partial charge is 0.494 e. The molecule has 1 aromatic rings. The number of carbonyl (C=O) groups is 1. The molecule has 6 nitrogen and oxygen atoms in total. The van der Waals surface area contributed by atoms with Crippen molar-refractivity contribution in [1.29, 1.82) is 0 Å². The molecule has 0 aliphatic carbocycles. The van der Waals surface area contributed by atoms with Gasteiger partial charge in [-0.05, 0) is 45.3 Å². The van der Waals surface area contributed by atoms with E-state index < -0.39 is 6.03 Å². The Balaban J connectivity index is 1.59. The second-order valence-corrected chi connectivity index (χ2v) is 7.14. The Hall–Kier alpha value is -1.73. The molecule has 0 spiro atoms. The van der Waals surface area contributed by atoms with Crippen LogP contribution < -0.4 is 15.9 Å². The first-order valence-corrected chi connectivity index (χ1v) is 7.84. The Labute approximate surface area is 137 Å². The number of hydrogen-bond acceptors (Lipinski definition) is 4. The van der Waals surface area contributed by atoms with Crippen molar-refractivity contribution in [3.05, 3.63) is 24.3 Å². The zero-order valence-electron chi connectivity index (χ0n) is 14.0. The van der Waals surface area contributed by atoms with Crippen LogP contribution in [0.15, 0.2) is 24.3 Å². The van der Waals surface area contributed by atoms with Crippen molar-refractivity contribution in [2.24, 2.45) is 5.73 Å². The average Bonchev–Trinajstić information content (AvgIpc) is 2.62. The van der Waals surface area contributed by atoms with Gasteiger partial charge in [0.2, 0.25) is 0 Å². The standard InChI is InChI=1S/C16H23BN2O4/c1-15(2)16(3,4)23-17(22-15)11-5-7-12(8-6-11)21-13-9-19(10-13)14(18)20/h5-8,13H,9-10H2,1-4H3,(H2,18,20). The topological polar surface area (TPSA) is 74.0 Å². The average molecular weight is 318 g/mol. The van der Waals surface area contributed by atoms with Gasteiger partial charge >= 0.3 is 13.1 Å². The third-order valence-corrected chi connectivity index (χ3v) is 4.87. The van der Waals surface area contributed by atoms with Crippen LogP contribution >= 0.6 is 0 Å². The second kappa shape index (κ2) is 5.42. The first-order chi connectivity index (χ1) is 10.7. The Morgan fingerprint density at radius 1 is 1.17 bits per heavy atom. The minimum Gasteiger partial charge on any atom is -0.487 e. The smallest absolute Gasteiger partial charge is 0.487 e. The van der Waals surface area contributed by atoms with Crippen LogP contribution in [0.5, 0.6) is 5.75 Å². The maximum absolute atomic E-state index is 10.9. The number of carbonyl (C=O) groups excluding carboxylic acids is 1. The van der Waals surface area contributed by atoms with E-state index in [1.54, 1.807) is 4.90 Å². The van der Waals surface area contributed by atoms with Gasteiger partial charge in [0.05, 0.1) is 24.3 Å². The highest BCUT2D eigenvalue weighted by Gasteiger charge is 2.51. The molecule has 2 amide bonds. The van der Waals surface area contributed by atoms with Crippen LogP contribution in [0.1, 0.15) is 27.7 Å². The van der Waals surface area contributed by atoms with E-state index in [9.17, 15) is 4.79 Å². The quantitative estimate of drug-likeness (QED) is 0.848. The second-order valence-electron chi connectivity index (χ2n) is 7.14. The van der Waals surface area contributed by atoms with Gasteiger partial charge in [-0.2, -0.15) is 0 Å². The maximum Gasteiger partial charge on any atom is 0.494 e. The maximum atomic E-state index is 10.9. The number of hydrogen-bond donors (Lipinski definition) is 1. The zero-order valence-corrected chi connectivity index (χ0v) is 14.0. The molecule has 3 rings (SSSR count). The number of ether oxygens (including phenoxy) is 1. The van der Waals surface area contributed by atoms with E-state index in [2.05, 4.69) is 0 Å². The number of nitrogens with two attached hydrogens (primary N) is 1. The van der Waals surface area contributed by atoms with Crippen LogP contribution in [0, 0.1) is 0 Å². The molecule has 2 heterocycles. The Morgan fingerprint density at radius 3 is 2.17 bits per heavy atom. The number of nitrogens with zero attached hydrogens (tertiary/aromatic N) is 1. The van der Waals surface area contributed by atoms with E-state index in [-0.39, 0.29) is 24.4 Å². The number of urea groups is 1. The van der Waals surface area contributed by atoms with Crippen LogP contribution in [-0.4, -0.2) is 48.4 Å². The first kappa shape index (κ1) is 16.1. The predicted molar refractivity (Wildman–Crippen MR) is 87.7 cm³/mol. The number of primary amides is 1. The van der Waals surface area contributed by atoms with Gasteiger partial charge in [-0.25, -0.2) is 4.79 Å². The van der Waals surface area contributed by atoms with E-state index >= 15 is 0 Å². The summed E-state index contributed by atoms with van der Waals surface area (Å²) in [6.45, 7) is 9.21. The molecule has 2 aliphatic rings. The summed E-state index contributed by atoms with van der Waals surface area (Å²) in [5.41, 5.74) is 5.45. The highest BCUT2D eigenvalue weighted by atomic mass is 16.7. The Bertz CT molecular complexity index is 581. The fourth-order valence-electron chi connectivity index (χ4n) is 2.57. The lowest BCUT2D eigenvalue weighted by Gasteiger charge is -2.37. The summed E-state index contributed by atoms with van der Waals surface area (Å²) >= 11 is 0. The van der Waals surface area contributed by atoms with Crippen molar-refractivity contribution in [3.63, 3.8) is 0 Å². The van der Waals surface area contributed by atoms with Crippen LogP contribution in [0.3, 0.4) is 0 Å². The normalized spacial score (nSPS) is 22.8. The number of rotatable bonds is 3. The van der Waals surface area contributed by atoms with Crippen molar-refractivity contribution < 1.29 is 18.8 Å². The fraction of sp³-hybridized carbons (Fsp3) is 0.562. The summed E-state index contributed by atoms with van der Waals surface area (Å²) in [7, 11) is -0.372. The molecule has 1 aromatic carbocycles. The molecule has 2 aliphatic heterocycles. The van der Waals surface area contributed by atoms with Crippen molar-refractivity contribution in [1.82, 2.24) is 4.90 Å². The van der Waals surface area contributed by atoms with Gasteiger partial charge in [0, 0.05) is 0 Å². The molecule has 0 bridgehead atoms. The van der Waals surface area contributed by atoms with Gasteiger partial charge in [-0.15, -0.1) is 0 Å². The minimum absolute atomic E-state index is 0.00481. The van der Waals surface area contributed by atoms with Crippen LogP contribution in [0.2, 0.25) is 0 Å².